The van der Waals surface area contributed by atoms with Gasteiger partial charge in [-0.05, 0) is 18.2 Å². The van der Waals surface area contributed by atoms with Crippen LogP contribution in [0.5, 0.6) is 11.5 Å². The van der Waals surface area contributed by atoms with Crippen LogP contribution in [0.25, 0.3) is 0 Å². The summed E-state index contributed by atoms with van der Waals surface area (Å²) in [6.07, 6.45) is 0. The molecule has 1 heterocycles. The quantitative estimate of drug-likeness (QED) is 0.642. The molecule has 6 nitrogen and oxygen atoms in total. The van der Waals surface area contributed by atoms with E-state index in [4.69, 9.17) is 4.74 Å². The number of aliphatic hydroxyl groups excluding tert-OH is 1. The molecule has 18 heavy (non-hydrogen) atoms. The van der Waals surface area contributed by atoms with Crippen molar-refractivity contribution >= 4 is 5.91 Å². The van der Waals surface area contributed by atoms with Crippen molar-refractivity contribution in [2.24, 2.45) is 0 Å². The minimum atomic E-state index is -0.373. The average Bonchev–Trinajstić information content (AvgIpc) is 2.41. The van der Waals surface area contributed by atoms with Crippen LogP contribution in [0.4, 0.5) is 0 Å². The van der Waals surface area contributed by atoms with Crippen molar-refractivity contribution in [2.75, 3.05) is 26.4 Å². The van der Waals surface area contributed by atoms with E-state index in [-0.39, 0.29) is 35.6 Å². The van der Waals surface area contributed by atoms with Gasteiger partial charge in [0.05, 0.1) is 25.9 Å². The van der Waals surface area contributed by atoms with Crippen molar-refractivity contribution in [2.45, 2.75) is 6.04 Å². The highest BCUT2D eigenvalue weighted by Gasteiger charge is 2.27. The molecular formula is C12H15NO5. The number of hydrogen-bond acceptors (Lipinski definition) is 5. The first-order valence-corrected chi connectivity index (χ1v) is 5.65. The summed E-state index contributed by atoms with van der Waals surface area (Å²) in [6.45, 7) is 0.945. The van der Waals surface area contributed by atoms with E-state index in [9.17, 15) is 20.1 Å². The van der Waals surface area contributed by atoms with E-state index >= 15 is 0 Å². The molecule has 0 aromatic heterocycles. The van der Waals surface area contributed by atoms with Gasteiger partial charge in [-0.25, -0.2) is 0 Å². The van der Waals surface area contributed by atoms with Crippen molar-refractivity contribution in [1.82, 2.24) is 4.90 Å². The Morgan fingerprint density at radius 3 is 2.83 bits per heavy atom. The van der Waals surface area contributed by atoms with Gasteiger partial charge in [-0.3, -0.25) is 4.79 Å². The van der Waals surface area contributed by atoms with Crippen LogP contribution in [0.2, 0.25) is 0 Å². The number of phenolic OH excluding ortho intramolecular Hbond substituents is 2. The summed E-state index contributed by atoms with van der Waals surface area (Å²) < 4.78 is 5.19. The fourth-order valence-corrected chi connectivity index (χ4v) is 1.90. The number of hydrogen-bond donors (Lipinski definition) is 3. The first kappa shape index (κ1) is 12.7. The van der Waals surface area contributed by atoms with Crippen LogP contribution in [-0.4, -0.2) is 58.5 Å². The maximum absolute atomic E-state index is 12.2. The molecule has 6 heteroatoms. The molecule has 1 amide bonds. The molecule has 1 unspecified atom stereocenters. The Labute approximate surface area is 104 Å². The average molecular weight is 253 g/mol. The van der Waals surface area contributed by atoms with Gasteiger partial charge in [-0.15, -0.1) is 0 Å². The highest BCUT2D eigenvalue weighted by molar-refractivity contribution is 5.95. The maximum Gasteiger partial charge on any atom is 0.254 e. The van der Waals surface area contributed by atoms with Gasteiger partial charge in [-0.2, -0.15) is 0 Å². The predicted octanol–water partition coefficient (Wildman–Crippen LogP) is -0.0689. The largest absolute Gasteiger partial charge is 0.504 e. The van der Waals surface area contributed by atoms with Gasteiger partial charge in [0.25, 0.3) is 5.91 Å². The number of morpholine rings is 1. The fraction of sp³-hybridized carbons (Fsp3) is 0.417. The summed E-state index contributed by atoms with van der Waals surface area (Å²) in [5.41, 5.74) is 0.269. The molecule has 1 aliphatic rings. The molecule has 1 saturated heterocycles. The lowest BCUT2D eigenvalue weighted by Crippen LogP contribution is -2.50. The summed E-state index contributed by atoms with van der Waals surface area (Å²) >= 11 is 0. The Kier molecular flexibility index (Phi) is 3.69. The van der Waals surface area contributed by atoms with Crippen molar-refractivity contribution < 1.29 is 24.9 Å². The number of phenols is 2. The zero-order valence-corrected chi connectivity index (χ0v) is 9.74. The second-order valence-corrected chi connectivity index (χ2v) is 4.11. The molecule has 1 atom stereocenters. The monoisotopic (exact) mass is 253 g/mol. The number of carbonyl (C=O) groups excluding carboxylic acids is 1. The molecule has 1 aliphatic heterocycles. The van der Waals surface area contributed by atoms with Gasteiger partial charge in [-0.1, -0.05) is 0 Å². The standard InChI is InChI=1S/C12H15NO5/c14-6-9-7-18-4-3-13(9)12(17)8-1-2-10(15)11(16)5-8/h1-2,5,9,14-16H,3-4,6-7H2. The third-order valence-corrected chi connectivity index (χ3v) is 2.92. The van der Waals surface area contributed by atoms with Gasteiger partial charge in [0, 0.05) is 12.1 Å². The third-order valence-electron chi connectivity index (χ3n) is 2.92. The number of ether oxygens (including phenoxy) is 1. The SMILES string of the molecule is O=C(c1ccc(O)c(O)c1)N1CCOCC1CO. The van der Waals surface area contributed by atoms with Crippen LogP contribution >= 0.6 is 0 Å². The first-order valence-electron chi connectivity index (χ1n) is 5.65. The lowest BCUT2D eigenvalue weighted by molar-refractivity contribution is -0.0184. The molecular weight excluding hydrogens is 238 g/mol. The second kappa shape index (κ2) is 5.24. The minimum absolute atomic E-state index is 0.171. The van der Waals surface area contributed by atoms with Gasteiger partial charge in [0.2, 0.25) is 0 Å². The van der Waals surface area contributed by atoms with Gasteiger partial charge in [0.1, 0.15) is 0 Å². The molecule has 1 aromatic carbocycles. The second-order valence-electron chi connectivity index (χ2n) is 4.11. The van der Waals surface area contributed by atoms with Crippen LogP contribution < -0.4 is 0 Å². The number of aromatic hydroxyl groups is 2. The molecule has 0 bridgehead atoms. The van der Waals surface area contributed by atoms with E-state index in [0.29, 0.717) is 19.8 Å². The molecule has 0 radical (unpaired) electrons. The Bertz CT molecular complexity index is 448. The lowest BCUT2D eigenvalue weighted by Gasteiger charge is -2.34. The van der Waals surface area contributed by atoms with E-state index in [1.807, 2.05) is 0 Å². The molecule has 2 rings (SSSR count). The van der Waals surface area contributed by atoms with Crippen molar-refractivity contribution in [3.05, 3.63) is 23.8 Å². The van der Waals surface area contributed by atoms with Crippen molar-refractivity contribution in [3.8, 4) is 11.5 Å². The molecule has 1 aromatic rings. The van der Waals surface area contributed by atoms with E-state index in [1.165, 1.54) is 23.1 Å². The Morgan fingerprint density at radius 2 is 2.17 bits per heavy atom. The number of benzene rings is 1. The maximum atomic E-state index is 12.2. The first-order chi connectivity index (χ1) is 8.63. The summed E-state index contributed by atoms with van der Waals surface area (Å²) in [5, 5.41) is 27.8. The number of nitrogens with zero attached hydrogens (tertiary/aromatic N) is 1. The van der Waals surface area contributed by atoms with Crippen LogP contribution in [0.15, 0.2) is 18.2 Å². The Balaban J connectivity index is 2.21. The number of amides is 1. The van der Waals surface area contributed by atoms with E-state index in [2.05, 4.69) is 0 Å². The number of carbonyl (C=O) groups is 1. The summed E-state index contributed by atoms with van der Waals surface area (Å²) in [5.74, 6) is -0.908. The molecule has 3 N–H and O–H groups in total. The topological polar surface area (TPSA) is 90.2 Å². The summed E-state index contributed by atoms with van der Waals surface area (Å²) in [6, 6.07) is 3.53. The van der Waals surface area contributed by atoms with E-state index < -0.39 is 0 Å². The Hall–Kier alpha value is -1.79. The fourth-order valence-electron chi connectivity index (χ4n) is 1.90. The molecule has 0 spiro atoms. The van der Waals surface area contributed by atoms with Crippen molar-refractivity contribution in [3.63, 3.8) is 0 Å². The van der Waals surface area contributed by atoms with Gasteiger partial charge in [0.15, 0.2) is 11.5 Å². The molecule has 0 saturated carbocycles. The lowest BCUT2D eigenvalue weighted by atomic mass is 10.1. The summed E-state index contributed by atoms with van der Waals surface area (Å²) in [4.78, 5) is 13.7. The zero-order chi connectivity index (χ0) is 13.1. The van der Waals surface area contributed by atoms with E-state index in [0.717, 1.165) is 0 Å². The van der Waals surface area contributed by atoms with E-state index in [1.54, 1.807) is 0 Å². The normalized spacial score (nSPS) is 19.8. The molecule has 0 aliphatic carbocycles. The highest BCUT2D eigenvalue weighted by atomic mass is 16.5. The van der Waals surface area contributed by atoms with Crippen LogP contribution in [0.3, 0.4) is 0 Å². The predicted molar refractivity (Wildman–Crippen MR) is 62.5 cm³/mol. The van der Waals surface area contributed by atoms with Crippen LogP contribution in [0, 0.1) is 0 Å². The smallest absolute Gasteiger partial charge is 0.254 e. The highest BCUT2D eigenvalue weighted by Crippen LogP contribution is 2.26. The Morgan fingerprint density at radius 1 is 1.39 bits per heavy atom. The molecule has 98 valence electrons. The summed E-state index contributed by atoms with van der Waals surface area (Å²) in [7, 11) is 0. The van der Waals surface area contributed by atoms with Crippen molar-refractivity contribution in [1.29, 1.82) is 0 Å². The zero-order valence-electron chi connectivity index (χ0n) is 9.74. The minimum Gasteiger partial charge on any atom is -0.504 e. The number of rotatable bonds is 2. The van der Waals surface area contributed by atoms with Gasteiger partial charge < -0.3 is 25.0 Å². The van der Waals surface area contributed by atoms with Crippen LogP contribution in [-0.2, 0) is 4.74 Å². The third kappa shape index (κ3) is 2.39. The number of aliphatic hydroxyl groups is 1. The molecule has 1 fully saturated rings. The van der Waals surface area contributed by atoms with Crippen LogP contribution in [0.1, 0.15) is 10.4 Å². The van der Waals surface area contributed by atoms with Gasteiger partial charge >= 0.3 is 0 Å².